The number of nitrogen functional groups attached to an aromatic ring is 1. The van der Waals surface area contributed by atoms with E-state index in [0.717, 1.165) is 16.6 Å². The molecule has 0 bridgehead atoms. The summed E-state index contributed by atoms with van der Waals surface area (Å²) >= 11 is 1.40. The Balaban J connectivity index is 1.79. The second kappa shape index (κ2) is 4.74. The molecular weight excluding hydrogens is 260 g/mol. The van der Waals surface area contributed by atoms with E-state index in [1.807, 2.05) is 40.4 Å². The molecule has 5 nitrogen and oxygen atoms in total. The summed E-state index contributed by atoms with van der Waals surface area (Å²) in [6.07, 6.45) is 3.54. The zero-order chi connectivity index (χ0) is 13.2. The Morgan fingerprint density at radius 2 is 2.32 bits per heavy atom. The van der Waals surface area contributed by atoms with Crippen molar-refractivity contribution in [2.24, 2.45) is 0 Å². The second-order valence-corrected chi connectivity index (χ2v) is 5.04. The number of carbonyl (C=O) groups is 1. The minimum atomic E-state index is -0.0933. The standard InChI is InChI=1S/C13H12N4OS/c14-10-1-2-11-9(7-10)3-5-17(11)8-12(18)16-13-15-4-6-19-13/h1-7H,8,14H2,(H,15,16,18). The first-order chi connectivity index (χ1) is 9.22. The Kier molecular flexibility index (Phi) is 2.92. The summed E-state index contributed by atoms with van der Waals surface area (Å²) in [4.78, 5) is 15.9. The Hall–Kier alpha value is -2.34. The lowest BCUT2D eigenvalue weighted by atomic mass is 10.2. The molecule has 0 aliphatic rings. The van der Waals surface area contributed by atoms with Crippen LogP contribution in [0.5, 0.6) is 0 Å². The summed E-state index contributed by atoms with van der Waals surface area (Å²) in [6.45, 7) is 0.257. The molecule has 0 saturated carbocycles. The van der Waals surface area contributed by atoms with E-state index >= 15 is 0 Å². The summed E-state index contributed by atoms with van der Waals surface area (Å²) in [7, 11) is 0. The van der Waals surface area contributed by atoms with Gasteiger partial charge in [-0.25, -0.2) is 4.98 Å². The molecule has 3 aromatic rings. The van der Waals surface area contributed by atoms with Gasteiger partial charge in [0.15, 0.2) is 5.13 Å². The van der Waals surface area contributed by atoms with Crippen molar-refractivity contribution >= 4 is 39.0 Å². The Labute approximate surface area is 113 Å². The molecule has 0 aliphatic carbocycles. The zero-order valence-corrected chi connectivity index (χ0v) is 10.9. The van der Waals surface area contributed by atoms with Crippen LogP contribution in [0, 0.1) is 0 Å². The maximum Gasteiger partial charge on any atom is 0.246 e. The predicted molar refractivity (Wildman–Crippen MR) is 77.1 cm³/mol. The van der Waals surface area contributed by atoms with Crippen LogP contribution in [0.3, 0.4) is 0 Å². The number of benzene rings is 1. The largest absolute Gasteiger partial charge is 0.399 e. The lowest BCUT2D eigenvalue weighted by molar-refractivity contribution is -0.116. The van der Waals surface area contributed by atoms with E-state index in [4.69, 9.17) is 5.73 Å². The van der Waals surface area contributed by atoms with Crippen LogP contribution in [0.1, 0.15) is 0 Å². The third kappa shape index (κ3) is 2.43. The van der Waals surface area contributed by atoms with Crippen molar-refractivity contribution in [1.29, 1.82) is 0 Å². The van der Waals surface area contributed by atoms with Gasteiger partial charge < -0.3 is 15.6 Å². The average Bonchev–Trinajstić information content (AvgIpc) is 2.99. The van der Waals surface area contributed by atoms with Crippen LogP contribution in [0.25, 0.3) is 10.9 Å². The number of nitrogens with two attached hydrogens (primary N) is 1. The van der Waals surface area contributed by atoms with Gasteiger partial charge in [-0.2, -0.15) is 0 Å². The van der Waals surface area contributed by atoms with E-state index in [-0.39, 0.29) is 12.5 Å². The molecular formula is C13H12N4OS. The molecule has 2 heterocycles. The van der Waals surface area contributed by atoms with E-state index in [9.17, 15) is 4.79 Å². The van der Waals surface area contributed by atoms with E-state index in [1.165, 1.54) is 11.3 Å². The number of nitrogens with one attached hydrogen (secondary N) is 1. The van der Waals surface area contributed by atoms with E-state index < -0.39 is 0 Å². The molecule has 3 N–H and O–H groups in total. The lowest BCUT2D eigenvalue weighted by Gasteiger charge is -2.05. The summed E-state index contributed by atoms with van der Waals surface area (Å²) in [5, 5.41) is 6.23. The smallest absolute Gasteiger partial charge is 0.246 e. The third-order valence-corrected chi connectivity index (χ3v) is 3.48. The molecule has 0 aliphatic heterocycles. The Morgan fingerprint density at radius 3 is 3.11 bits per heavy atom. The average molecular weight is 272 g/mol. The molecule has 0 saturated heterocycles. The zero-order valence-electron chi connectivity index (χ0n) is 10.0. The monoisotopic (exact) mass is 272 g/mol. The fraction of sp³-hybridized carbons (Fsp3) is 0.0769. The maximum atomic E-state index is 11.9. The van der Waals surface area contributed by atoms with Crippen molar-refractivity contribution < 1.29 is 4.79 Å². The fourth-order valence-corrected chi connectivity index (χ4v) is 2.50. The first kappa shape index (κ1) is 11.7. The quantitative estimate of drug-likeness (QED) is 0.719. The van der Waals surface area contributed by atoms with E-state index in [0.29, 0.717) is 5.13 Å². The predicted octanol–water partition coefficient (Wildman–Crippen LogP) is 2.32. The summed E-state index contributed by atoms with van der Waals surface area (Å²) in [5.41, 5.74) is 7.44. The number of aromatic nitrogens is 2. The van der Waals surface area contributed by atoms with E-state index in [2.05, 4.69) is 10.3 Å². The number of hydrogen-bond donors (Lipinski definition) is 2. The molecule has 3 rings (SSSR count). The lowest BCUT2D eigenvalue weighted by Crippen LogP contribution is -2.18. The number of nitrogens with zero attached hydrogens (tertiary/aromatic N) is 2. The van der Waals surface area contributed by atoms with Gasteiger partial charge in [0.25, 0.3) is 0 Å². The third-order valence-electron chi connectivity index (χ3n) is 2.79. The van der Waals surface area contributed by atoms with Crippen LogP contribution < -0.4 is 11.1 Å². The maximum absolute atomic E-state index is 11.9. The molecule has 0 radical (unpaired) electrons. The van der Waals surface area contributed by atoms with Crippen LogP contribution in [-0.2, 0) is 11.3 Å². The molecule has 0 fully saturated rings. The number of hydrogen-bond acceptors (Lipinski definition) is 4. The second-order valence-electron chi connectivity index (χ2n) is 4.15. The summed E-state index contributed by atoms with van der Waals surface area (Å²) in [6, 6.07) is 7.59. The number of anilines is 2. The van der Waals surface area contributed by atoms with Gasteiger partial charge >= 0.3 is 0 Å². The van der Waals surface area contributed by atoms with Gasteiger partial charge in [-0.05, 0) is 24.3 Å². The highest BCUT2D eigenvalue weighted by atomic mass is 32.1. The van der Waals surface area contributed by atoms with Crippen LogP contribution in [0.4, 0.5) is 10.8 Å². The normalized spacial score (nSPS) is 10.7. The van der Waals surface area contributed by atoms with Gasteiger partial charge in [-0.3, -0.25) is 4.79 Å². The van der Waals surface area contributed by atoms with Crippen molar-refractivity contribution in [1.82, 2.24) is 9.55 Å². The molecule has 0 unspecified atom stereocenters. The highest BCUT2D eigenvalue weighted by molar-refractivity contribution is 7.13. The molecule has 2 aromatic heterocycles. The Bertz CT molecular complexity index is 717. The number of carbonyl (C=O) groups excluding carboxylic acids is 1. The minimum Gasteiger partial charge on any atom is -0.399 e. The molecule has 0 spiro atoms. The number of amides is 1. The first-order valence-corrected chi connectivity index (χ1v) is 6.64. The van der Waals surface area contributed by atoms with Crippen molar-refractivity contribution in [2.45, 2.75) is 6.54 Å². The van der Waals surface area contributed by atoms with Crippen molar-refractivity contribution in [2.75, 3.05) is 11.1 Å². The summed E-state index contributed by atoms with van der Waals surface area (Å²) in [5.74, 6) is -0.0933. The Morgan fingerprint density at radius 1 is 1.42 bits per heavy atom. The van der Waals surface area contributed by atoms with Gasteiger partial charge in [-0.15, -0.1) is 11.3 Å². The van der Waals surface area contributed by atoms with Gasteiger partial charge in [-0.1, -0.05) is 0 Å². The molecule has 96 valence electrons. The fourth-order valence-electron chi connectivity index (χ4n) is 1.96. The van der Waals surface area contributed by atoms with Crippen molar-refractivity contribution in [3.63, 3.8) is 0 Å². The topological polar surface area (TPSA) is 72.9 Å². The summed E-state index contributed by atoms with van der Waals surface area (Å²) < 4.78 is 1.89. The molecule has 1 amide bonds. The van der Waals surface area contributed by atoms with Gasteiger partial charge in [0.2, 0.25) is 5.91 Å². The van der Waals surface area contributed by atoms with Crippen LogP contribution in [-0.4, -0.2) is 15.5 Å². The molecule has 19 heavy (non-hydrogen) atoms. The first-order valence-electron chi connectivity index (χ1n) is 5.76. The van der Waals surface area contributed by atoms with Gasteiger partial charge in [0.1, 0.15) is 6.54 Å². The van der Waals surface area contributed by atoms with Crippen LogP contribution in [0.2, 0.25) is 0 Å². The minimum absolute atomic E-state index is 0.0933. The molecule has 0 atom stereocenters. The highest BCUT2D eigenvalue weighted by Gasteiger charge is 2.07. The number of thiazole rings is 1. The van der Waals surface area contributed by atoms with Gasteiger partial charge in [0, 0.05) is 34.4 Å². The van der Waals surface area contributed by atoms with Crippen molar-refractivity contribution in [3.8, 4) is 0 Å². The van der Waals surface area contributed by atoms with Crippen LogP contribution in [0.15, 0.2) is 42.0 Å². The molecule has 1 aromatic carbocycles. The molecule has 6 heteroatoms. The van der Waals surface area contributed by atoms with Crippen molar-refractivity contribution in [3.05, 3.63) is 42.0 Å². The number of rotatable bonds is 3. The van der Waals surface area contributed by atoms with Crippen LogP contribution >= 0.6 is 11.3 Å². The van der Waals surface area contributed by atoms with E-state index in [1.54, 1.807) is 6.20 Å². The van der Waals surface area contributed by atoms with Gasteiger partial charge in [0.05, 0.1) is 0 Å². The SMILES string of the molecule is Nc1ccc2c(ccn2CC(=O)Nc2nccs2)c1. The highest BCUT2D eigenvalue weighted by Crippen LogP contribution is 2.19. The number of fused-ring (bicyclic) bond motifs is 1.